The lowest BCUT2D eigenvalue weighted by molar-refractivity contribution is 0.102. The van der Waals surface area contributed by atoms with E-state index >= 15 is 0 Å². The number of rotatable bonds is 4. The first-order chi connectivity index (χ1) is 12.5. The van der Waals surface area contributed by atoms with Crippen LogP contribution in [-0.4, -0.2) is 26.1 Å². The second-order valence-electron chi connectivity index (χ2n) is 5.88. The van der Waals surface area contributed by atoms with Gasteiger partial charge in [0.15, 0.2) is 16.6 Å². The van der Waals surface area contributed by atoms with Crippen molar-refractivity contribution in [2.45, 2.75) is 12.1 Å². The molecule has 0 spiro atoms. The van der Waals surface area contributed by atoms with Gasteiger partial charge in [0, 0.05) is 21.0 Å². The SMILES string of the molecule is Cc1cc2nnc(SCC(=O)c3ccc(Cl)cc3)n2c2ccc(Cl)cc12. The minimum atomic E-state index is 0.0166. The van der Waals surface area contributed by atoms with Crippen LogP contribution in [0.4, 0.5) is 0 Å². The molecule has 7 heteroatoms. The van der Waals surface area contributed by atoms with Gasteiger partial charge in [0.2, 0.25) is 0 Å². The Kier molecular flexibility index (Phi) is 4.61. The molecule has 0 amide bonds. The highest BCUT2D eigenvalue weighted by Crippen LogP contribution is 2.28. The molecule has 0 bridgehead atoms. The first kappa shape index (κ1) is 17.3. The van der Waals surface area contributed by atoms with Gasteiger partial charge in [-0.15, -0.1) is 10.2 Å². The zero-order valence-electron chi connectivity index (χ0n) is 13.7. The third-order valence-electron chi connectivity index (χ3n) is 4.13. The van der Waals surface area contributed by atoms with E-state index in [0.717, 1.165) is 22.1 Å². The maximum absolute atomic E-state index is 12.4. The van der Waals surface area contributed by atoms with Crippen LogP contribution >= 0.6 is 35.0 Å². The third-order valence-corrected chi connectivity index (χ3v) is 5.54. The first-order valence-corrected chi connectivity index (χ1v) is 9.62. The minimum absolute atomic E-state index is 0.0166. The number of halogens is 2. The Bertz CT molecular complexity index is 1140. The number of pyridine rings is 1. The van der Waals surface area contributed by atoms with Crippen LogP contribution in [0, 0.1) is 6.92 Å². The fourth-order valence-corrected chi connectivity index (χ4v) is 3.98. The van der Waals surface area contributed by atoms with Crippen molar-refractivity contribution in [2.75, 3.05) is 5.75 Å². The molecule has 0 fully saturated rings. The van der Waals surface area contributed by atoms with E-state index in [0.29, 0.717) is 20.8 Å². The van der Waals surface area contributed by atoms with Crippen molar-refractivity contribution in [1.82, 2.24) is 14.6 Å². The summed E-state index contributed by atoms with van der Waals surface area (Å²) in [6.07, 6.45) is 0. The molecule has 2 aromatic heterocycles. The van der Waals surface area contributed by atoms with E-state index in [1.54, 1.807) is 24.3 Å². The predicted molar refractivity (Wildman–Crippen MR) is 107 cm³/mol. The fourth-order valence-electron chi connectivity index (χ4n) is 2.83. The van der Waals surface area contributed by atoms with Gasteiger partial charge in [0.1, 0.15) is 0 Å². The van der Waals surface area contributed by atoms with Crippen LogP contribution in [0.15, 0.2) is 53.7 Å². The van der Waals surface area contributed by atoms with Gasteiger partial charge in [0.25, 0.3) is 0 Å². The quantitative estimate of drug-likeness (QED) is 0.335. The highest BCUT2D eigenvalue weighted by molar-refractivity contribution is 7.99. The summed E-state index contributed by atoms with van der Waals surface area (Å²) in [6, 6.07) is 14.6. The minimum Gasteiger partial charge on any atom is -0.293 e. The van der Waals surface area contributed by atoms with Gasteiger partial charge < -0.3 is 0 Å². The van der Waals surface area contributed by atoms with Gasteiger partial charge in [-0.25, -0.2) is 0 Å². The summed E-state index contributed by atoms with van der Waals surface area (Å²) in [7, 11) is 0. The lowest BCUT2D eigenvalue weighted by Gasteiger charge is -2.08. The van der Waals surface area contributed by atoms with Crippen molar-refractivity contribution in [2.24, 2.45) is 0 Å². The highest BCUT2D eigenvalue weighted by Gasteiger charge is 2.14. The zero-order chi connectivity index (χ0) is 18.3. The second-order valence-corrected chi connectivity index (χ2v) is 7.70. The number of Topliss-reactive ketones (excluding diaryl/α,β-unsaturated/α-hetero) is 1. The number of hydrogen-bond acceptors (Lipinski definition) is 4. The standard InChI is InChI=1S/C19H13Cl2N3OS/c1-11-8-18-22-23-19(24(18)16-7-6-14(21)9-15(11)16)26-10-17(25)12-2-4-13(20)5-3-12/h2-9H,10H2,1H3. The third kappa shape index (κ3) is 3.18. The van der Waals surface area contributed by atoms with Crippen LogP contribution in [0.1, 0.15) is 15.9 Å². The molecule has 4 aromatic rings. The Labute approximate surface area is 164 Å². The zero-order valence-corrected chi connectivity index (χ0v) is 16.1. The van der Waals surface area contributed by atoms with E-state index in [9.17, 15) is 4.79 Å². The summed E-state index contributed by atoms with van der Waals surface area (Å²) >= 11 is 13.4. The summed E-state index contributed by atoms with van der Waals surface area (Å²) in [5.74, 6) is 0.286. The Morgan fingerprint density at radius 2 is 1.77 bits per heavy atom. The van der Waals surface area contributed by atoms with Gasteiger partial charge in [-0.1, -0.05) is 35.0 Å². The molecule has 0 saturated heterocycles. The molecule has 0 aliphatic heterocycles. The summed E-state index contributed by atoms with van der Waals surface area (Å²) in [6.45, 7) is 2.02. The van der Waals surface area contributed by atoms with E-state index in [4.69, 9.17) is 23.2 Å². The van der Waals surface area contributed by atoms with Gasteiger partial charge in [-0.2, -0.15) is 0 Å². The van der Waals surface area contributed by atoms with Crippen LogP contribution < -0.4 is 0 Å². The number of thioether (sulfide) groups is 1. The van der Waals surface area contributed by atoms with Crippen molar-refractivity contribution in [1.29, 1.82) is 0 Å². The van der Waals surface area contributed by atoms with E-state index < -0.39 is 0 Å². The smallest absolute Gasteiger partial charge is 0.196 e. The summed E-state index contributed by atoms with van der Waals surface area (Å²) in [5, 5.41) is 11.5. The Balaban J connectivity index is 1.69. The molecule has 0 saturated carbocycles. The largest absolute Gasteiger partial charge is 0.293 e. The van der Waals surface area contributed by atoms with Crippen LogP contribution in [0.5, 0.6) is 0 Å². The average molecular weight is 402 g/mol. The van der Waals surface area contributed by atoms with Crippen molar-refractivity contribution in [3.05, 3.63) is 69.7 Å². The molecule has 2 heterocycles. The van der Waals surface area contributed by atoms with Gasteiger partial charge >= 0.3 is 0 Å². The Morgan fingerprint density at radius 3 is 2.54 bits per heavy atom. The summed E-state index contributed by atoms with van der Waals surface area (Å²) in [5.41, 5.74) is 3.43. The molecule has 0 radical (unpaired) electrons. The molecule has 0 aliphatic rings. The molecule has 2 aromatic carbocycles. The summed E-state index contributed by atoms with van der Waals surface area (Å²) in [4.78, 5) is 12.4. The molecule has 0 atom stereocenters. The van der Waals surface area contributed by atoms with Crippen molar-refractivity contribution in [3.63, 3.8) is 0 Å². The van der Waals surface area contributed by atoms with Gasteiger partial charge in [0.05, 0.1) is 11.3 Å². The number of aromatic nitrogens is 3. The highest BCUT2D eigenvalue weighted by atomic mass is 35.5. The maximum Gasteiger partial charge on any atom is 0.196 e. The monoisotopic (exact) mass is 401 g/mol. The number of hydrogen-bond donors (Lipinski definition) is 0. The molecular weight excluding hydrogens is 389 g/mol. The number of aryl methyl sites for hydroxylation is 1. The number of carbonyl (C=O) groups excluding carboxylic acids is 1. The van der Waals surface area contributed by atoms with Crippen molar-refractivity contribution < 1.29 is 4.79 Å². The summed E-state index contributed by atoms with van der Waals surface area (Å²) < 4.78 is 1.96. The van der Waals surface area contributed by atoms with Crippen LogP contribution in [0.3, 0.4) is 0 Å². The fraction of sp³-hybridized carbons (Fsp3) is 0.105. The topological polar surface area (TPSA) is 47.3 Å². The molecule has 4 nitrogen and oxygen atoms in total. The van der Waals surface area contributed by atoms with Crippen molar-refractivity contribution in [3.8, 4) is 0 Å². The van der Waals surface area contributed by atoms with E-state index in [2.05, 4.69) is 10.2 Å². The lowest BCUT2D eigenvalue weighted by Crippen LogP contribution is -2.03. The Morgan fingerprint density at radius 1 is 1.04 bits per heavy atom. The number of benzene rings is 2. The van der Waals surface area contributed by atoms with Crippen LogP contribution in [0.25, 0.3) is 16.6 Å². The van der Waals surface area contributed by atoms with E-state index in [-0.39, 0.29) is 11.5 Å². The lowest BCUT2D eigenvalue weighted by atomic mass is 10.1. The van der Waals surface area contributed by atoms with Gasteiger partial charge in [-0.05, 0) is 61.0 Å². The number of fused-ring (bicyclic) bond motifs is 3. The van der Waals surface area contributed by atoms with Gasteiger partial charge in [-0.3, -0.25) is 9.20 Å². The predicted octanol–water partition coefficient (Wildman–Crippen LogP) is 5.47. The molecule has 0 unspecified atom stereocenters. The Hall–Kier alpha value is -2.08. The molecule has 0 aliphatic carbocycles. The normalized spacial score (nSPS) is 11.3. The molecule has 0 N–H and O–H groups in total. The molecule has 4 rings (SSSR count). The van der Waals surface area contributed by atoms with Crippen molar-refractivity contribution >= 4 is 57.3 Å². The molecule has 130 valence electrons. The molecule has 26 heavy (non-hydrogen) atoms. The molecular formula is C19H13Cl2N3OS. The van der Waals surface area contributed by atoms with E-state index in [1.807, 2.05) is 35.6 Å². The maximum atomic E-state index is 12.4. The number of carbonyl (C=O) groups is 1. The first-order valence-electron chi connectivity index (χ1n) is 7.88. The number of ketones is 1. The second kappa shape index (κ2) is 6.91. The van der Waals surface area contributed by atoms with E-state index in [1.165, 1.54) is 11.8 Å². The average Bonchev–Trinajstić information content (AvgIpc) is 3.03. The van der Waals surface area contributed by atoms with Crippen LogP contribution in [0.2, 0.25) is 10.0 Å². The van der Waals surface area contributed by atoms with Crippen LogP contribution in [-0.2, 0) is 0 Å². The number of nitrogens with zero attached hydrogens (tertiary/aromatic N) is 3.